The van der Waals surface area contributed by atoms with E-state index in [0.29, 0.717) is 16.9 Å². The normalized spacial score (nSPS) is 11.9. The fraction of sp³-hybridized carbons (Fsp3) is 0.115. The van der Waals surface area contributed by atoms with Gasteiger partial charge in [0.2, 0.25) is 0 Å². The van der Waals surface area contributed by atoms with Crippen LogP contribution in [0.1, 0.15) is 11.4 Å². The number of nitrogens with one attached hydrogen (secondary N) is 1. The first kappa shape index (κ1) is 22.7. The van der Waals surface area contributed by atoms with Gasteiger partial charge in [0, 0.05) is 47.2 Å². The summed E-state index contributed by atoms with van der Waals surface area (Å²) in [5, 5.41) is 20.8. The number of aromatic nitrogens is 7. The van der Waals surface area contributed by atoms with Crippen LogP contribution < -0.4 is 5.32 Å². The van der Waals surface area contributed by atoms with Gasteiger partial charge in [0.15, 0.2) is 11.5 Å². The van der Waals surface area contributed by atoms with E-state index in [1.807, 2.05) is 42.6 Å². The van der Waals surface area contributed by atoms with E-state index in [2.05, 4.69) is 30.7 Å². The molecule has 0 atom stereocenters. The molecule has 2 aromatic carbocycles. The average Bonchev–Trinajstić information content (AvgIpc) is 3.52. The summed E-state index contributed by atoms with van der Waals surface area (Å²) in [6.45, 7) is 0.0972. The minimum absolute atomic E-state index is 0.0972. The monoisotopic (exact) mass is 500 g/mol. The maximum atomic E-state index is 13.7. The summed E-state index contributed by atoms with van der Waals surface area (Å²) in [5.41, 5.74) is 3.44. The lowest BCUT2D eigenvalue weighted by atomic mass is 10.0. The van der Waals surface area contributed by atoms with Crippen LogP contribution >= 0.6 is 0 Å². The summed E-state index contributed by atoms with van der Waals surface area (Å²) < 4.78 is 44.2. The minimum Gasteiger partial charge on any atom is -0.377 e. The molecule has 6 rings (SSSR count). The van der Waals surface area contributed by atoms with Gasteiger partial charge in [0.1, 0.15) is 0 Å². The quantitative estimate of drug-likeness (QED) is 0.343. The Morgan fingerprint density at radius 1 is 0.892 bits per heavy atom. The number of rotatable bonds is 5. The molecule has 0 aliphatic rings. The molecule has 0 amide bonds. The second-order valence-electron chi connectivity index (χ2n) is 8.54. The summed E-state index contributed by atoms with van der Waals surface area (Å²) in [6.07, 6.45) is 0.517. The highest BCUT2D eigenvalue weighted by molar-refractivity contribution is 5.94. The standard InChI is InChI=1S/C26H19F3N8/c1-36-15-18(13-32-36)17-9-20-22(30-12-17)10-19(26(27,28)29)11-23(20)31-14-25-34-33-24-8-7-21(35-37(24)25)16-5-3-2-4-6-16/h2-13,15,31H,14H2,1H3. The molecule has 0 bridgehead atoms. The van der Waals surface area contributed by atoms with Crippen LogP contribution in [0.2, 0.25) is 0 Å². The maximum Gasteiger partial charge on any atom is 0.416 e. The molecule has 1 N–H and O–H groups in total. The van der Waals surface area contributed by atoms with Crippen LogP contribution in [-0.4, -0.2) is 34.6 Å². The van der Waals surface area contributed by atoms with Gasteiger partial charge in [-0.3, -0.25) is 9.67 Å². The topological polar surface area (TPSA) is 85.8 Å². The van der Waals surface area contributed by atoms with E-state index < -0.39 is 11.7 Å². The third-order valence-corrected chi connectivity index (χ3v) is 6.00. The van der Waals surface area contributed by atoms with E-state index in [-0.39, 0.29) is 17.7 Å². The van der Waals surface area contributed by atoms with Crippen LogP contribution in [-0.2, 0) is 19.8 Å². The number of aryl methyl sites for hydroxylation is 1. The number of fused-ring (bicyclic) bond motifs is 2. The van der Waals surface area contributed by atoms with Gasteiger partial charge in [-0.05, 0) is 30.3 Å². The highest BCUT2D eigenvalue weighted by atomic mass is 19.4. The van der Waals surface area contributed by atoms with Crippen LogP contribution in [0.25, 0.3) is 38.9 Å². The molecule has 0 fully saturated rings. The number of halogens is 3. The number of nitrogens with zero attached hydrogens (tertiary/aromatic N) is 7. The number of benzene rings is 2. The van der Waals surface area contributed by atoms with Crippen LogP contribution in [0.15, 0.2) is 79.3 Å². The van der Waals surface area contributed by atoms with Crippen molar-refractivity contribution >= 4 is 22.2 Å². The van der Waals surface area contributed by atoms with Crippen molar-refractivity contribution in [3.63, 3.8) is 0 Å². The van der Waals surface area contributed by atoms with Gasteiger partial charge >= 0.3 is 6.18 Å². The Kier molecular flexibility index (Phi) is 5.32. The third-order valence-electron chi connectivity index (χ3n) is 6.00. The van der Waals surface area contributed by atoms with E-state index in [0.717, 1.165) is 34.5 Å². The Morgan fingerprint density at radius 3 is 2.49 bits per heavy atom. The summed E-state index contributed by atoms with van der Waals surface area (Å²) in [5.74, 6) is 0.453. The van der Waals surface area contributed by atoms with Crippen molar-refractivity contribution in [2.75, 3.05) is 5.32 Å². The van der Waals surface area contributed by atoms with Crippen molar-refractivity contribution in [1.29, 1.82) is 0 Å². The lowest BCUT2D eigenvalue weighted by Crippen LogP contribution is -2.10. The maximum absolute atomic E-state index is 13.7. The van der Waals surface area contributed by atoms with Gasteiger partial charge < -0.3 is 5.32 Å². The van der Waals surface area contributed by atoms with Crippen molar-refractivity contribution in [3.8, 4) is 22.4 Å². The summed E-state index contributed by atoms with van der Waals surface area (Å²) >= 11 is 0. The predicted octanol–water partition coefficient (Wildman–Crippen LogP) is 5.37. The molecule has 4 aromatic heterocycles. The second kappa shape index (κ2) is 8.70. The van der Waals surface area contributed by atoms with Crippen molar-refractivity contribution in [2.45, 2.75) is 12.7 Å². The van der Waals surface area contributed by atoms with Gasteiger partial charge in [-0.1, -0.05) is 30.3 Å². The zero-order valence-corrected chi connectivity index (χ0v) is 19.5. The van der Waals surface area contributed by atoms with Crippen LogP contribution in [0.3, 0.4) is 0 Å². The van der Waals surface area contributed by atoms with Crippen molar-refractivity contribution < 1.29 is 13.2 Å². The highest BCUT2D eigenvalue weighted by Gasteiger charge is 2.31. The summed E-state index contributed by atoms with van der Waals surface area (Å²) in [4.78, 5) is 4.32. The molecule has 0 radical (unpaired) electrons. The second-order valence-corrected chi connectivity index (χ2v) is 8.54. The Balaban J connectivity index is 1.39. The van der Waals surface area contributed by atoms with Gasteiger partial charge in [0.25, 0.3) is 0 Å². The SMILES string of the molecule is Cn1cc(-c2cnc3cc(C(F)(F)F)cc(NCc4nnc5ccc(-c6ccccc6)nn45)c3c2)cn1. The van der Waals surface area contributed by atoms with Crippen molar-refractivity contribution in [3.05, 3.63) is 90.6 Å². The molecule has 184 valence electrons. The van der Waals surface area contributed by atoms with Crippen molar-refractivity contribution in [1.82, 2.24) is 34.6 Å². The molecule has 0 spiro atoms. The summed E-state index contributed by atoms with van der Waals surface area (Å²) in [7, 11) is 1.79. The zero-order chi connectivity index (χ0) is 25.6. The largest absolute Gasteiger partial charge is 0.416 e. The number of hydrogen-bond donors (Lipinski definition) is 1. The number of hydrogen-bond acceptors (Lipinski definition) is 6. The Labute approximate surface area is 208 Å². The Bertz CT molecular complexity index is 1740. The molecule has 37 heavy (non-hydrogen) atoms. The van der Waals surface area contributed by atoms with E-state index in [9.17, 15) is 13.2 Å². The molecular weight excluding hydrogens is 481 g/mol. The molecule has 0 saturated heterocycles. The van der Waals surface area contributed by atoms with Gasteiger partial charge in [-0.2, -0.15) is 27.9 Å². The molecule has 0 unspecified atom stereocenters. The first-order valence-corrected chi connectivity index (χ1v) is 11.4. The third kappa shape index (κ3) is 4.35. The molecule has 6 aromatic rings. The molecule has 4 heterocycles. The van der Waals surface area contributed by atoms with E-state index in [4.69, 9.17) is 0 Å². The van der Waals surface area contributed by atoms with Crippen LogP contribution in [0.5, 0.6) is 0 Å². The minimum atomic E-state index is -4.53. The van der Waals surface area contributed by atoms with E-state index in [1.165, 1.54) is 0 Å². The van der Waals surface area contributed by atoms with Gasteiger partial charge in [-0.15, -0.1) is 10.2 Å². The number of anilines is 1. The smallest absolute Gasteiger partial charge is 0.377 e. The number of pyridine rings is 1. The average molecular weight is 500 g/mol. The Morgan fingerprint density at radius 2 is 1.73 bits per heavy atom. The predicted molar refractivity (Wildman–Crippen MR) is 132 cm³/mol. The highest BCUT2D eigenvalue weighted by Crippen LogP contribution is 2.36. The van der Waals surface area contributed by atoms with Crippen LogP contribution in [0.4, 0.5) is 18.9 Å². The zero-order valence-electron chi connectivity index (χ0n) is 19.5. The van der Waals surface area contributed by atoms with Gasteiger partial charge in [0.05, 0.1) is 29.5 Å². The van der Waals surface area contributed by atoms with Gasteiger partial charge in [-0.25, -0.2) is 0 Å². The lowest BCUT2D eigenvalue weighted by molar-refractivity contribution is -0.137. The molecular formula is C26H19F3N8. The van der Waals surface area contributed by atoms with Crippen molar-refractivity contribution in [2.24, 2.45) is 7.05 Å². The molecule has 11 heteroatoms. The fourth-order valence-electron chi connectivity index (χ4n) is 4.15. The first-order chi connectivity index (χ1) is 17.8. The fourth-order valence-corrected chi connectivity index (χ4v) is 4.15. The molecule has 0 aliphatic carbocycles. The first-order valence-electron chi connectivity index (χ1n) is 11.4. The van der Waals surface area contributed by atoms with E-state index >= 15 is 0 Å². The van der Waals surface area contributed by atoms with Crippen LogP contribution in [0, 0.1) is 0 Å². The molecule has 8 nitrogen and oxygen atoms in total. The summed E-state index contributed by atoms with van der Waals surface area (Å²) in [6, 6.07) is 17.2. The lowest BCUT2D eigenvalue weighted by Gasteiger charge is -2.14. The number of alkyl halides is 3. The molecule has 0 aliphatic heterocycles. The van der Waals surface area contributed by atoms with E-state index in [1.54, 1.807) is 40.8 Å². The molecule has 0 saturated carbocycles. The Hall–Kier alpha value is -4.80.